The standard InChI is InChI=1S/C15H18N8O2/c1-25-14(24)10-7-22(20-17-10)15-19-18-13-9-4-2-3-5-11(9)21-8-16-6-12(21)23(13)15/h6-9,11,13,18H,2-5H2,1H3. The molecular formula is C15H18N8O2. The van der Waals surface area contributed by atoms with Crippen LogP contribution < -0.4 is 10.3 Å². The summed E-state index contributed by atoms with van der Waals surface area (Å²) in [5.41, 5.74) is 3.41. The molecule has 25 heavy (non-hydrogen) atoms. The maximum atomic E-state index is 11.6. The average Bonchev–Trinajstić information content (AvgIpc) is 3.38. The van der Waals surface area contributed by atoms with E-state index in [1.807, 2.05) is 12.5 Å². The molecule has 2 aliphatic heterocycles. The fourth-order valence-electron chi connectivity index (χ4n) is 4.21. The quantitative estimate of drug-likeness (QED) is 0.755. The Kier molecular flexibility index (Phi) is 3.06. The summed E-state index contributed by atoms with van der Waals surface area (Å²) in [7, 11) is 1.32. The second-order valence-electron chi connectivity index (χ2n) is 6.57. The number of esters is 1. The molecule has 2 aromatic heterocycles. The zero-order valence-electron chi connectivity index (χ0n) is 13.7. The number of anilines is 1. The molecule has 130 valence electrons. The minimum absolute atomic E-state index is 0.0651. The van der Waals surface area contributed by atoms with E-state index < -0.39 is 5.97 Å². The van der Waals surface area contributed by atoms with Crippen LogP contribution in [0.1, 0.15) is 42.2 Å². The van der Waals surface area contributed by atoms with Crippen LogP contribution in [0.15, 0.2) is 23.8 Å². The van der Waals surface area contributed by atoms with Crippen molar-refractivity contribution >= 4 is 17.7 Å². The molecule has 1 aliphatic carbocycles. The number of methoxy groups -OCH3 is 1. The molecule has 3 atom stereocenters. The highest BCUT2D eigenvalue weighted by atomic mass is 16.5. The number of carbonyl (C=O) groups excluding carboxylic acids is 1. The second kappa shape index (κ2) is 5.30. The molecule has 3 unspecified atom stereocenters. The van der Waals surface area contributed by atoms with Gasteiger partial charge < -0.3 is 9.30 Å². The van der Waals surface area contributed by atoms with E-state index in [0.717, 1.165) is 18.7 Å². The summed E-state index contributed by atoms with van der Waals surface area (Å²) in [4.78, 5) is 18.1. The summed E-state index contributed by atoms with van der Waals surface area (Å²) in [6.45, 7) is 0. The molecule has 10 nitrogen and oxygen atoms in total. The zero-order valence-corrected chi connectivity index (χ0v) is 13.7. The van der Waals surface area contributed by atoms with Crippen LogP contribution in [0, 0.1) is 5.92 Å². The number of hydrogen-bond acceptors (Lipinski definition) is 8. The van der Waals surface area contributed by atoms with Gasteiger partial charge in [0.2, 0.25) is 0 Å². The molecule has 1 fully saturated rings. The van der Waals surface area contributed by atoms with Crippen molar-refractivity contribution in [2.45, 2.75) is 37.9 Å². The number of rotatable bonds is 1. The van der Waals surface area contributed by atoms with Crippen LogP contribution in [0.25, 0.3) is 0 Å². The van der Waals surface area contributed by atoms with Crippen molar-refractivity contribution in [1.82, 2.24) is 30.0 Å². The normalized spacial score (nSPS) is 27.0. The van der Waals surface area contributed by atoms with E-state index in [9.17, 15) is 4.79 Å². The summed E-state index contributed by atoms with van der Waals surface area (Å²) >= 11 is 0. The molecule has 1 N–H and O–H groups in total. The summed E-state index contributed by atoms with van der Waals surface area (Å²) in [5, 5.41) is 12.4. The number of nitrogens with one attached hydrogen (secondary N) is 1. The molecule has 4 heterocycles. The van der Waals surface area contributed by atoms with Gasteiger partial charge in [0.15, 0.2) is 5.69 Å². The van der Waals surface area contributed by atoms with E-state index in [1.165, 1.54) is 30.8 Å². The Bertz CT molecular complexity index is 855. The average molecular weight is 342 g/mol. The molecule has 0 bridgehead atoms. The van der Waals surface area contributed by atoms with Crippen LogP contribution in [-0.2, 0) is 4.74 Å². The lowest BCUT2D eigenvalue weighted by atomic mass is 9.80. The molecule has 10 heteroatoms. The number of aromatic nitrogens is 5. The van der Waals surface area contributed by atoms with Gasteiger partial charge >= 0.3 is 5.97 Å². The smallest absolute Gasteiger partial charge is 0.360 e. The molecule has 0 spiro atoms. The molecule has 1 saturated carbocycles. The maximum Gasteiger partial charge on any atom is 0.360 e. The van der Waals surface area contributed by atoms with Gasteiger partial charge in [-0.05, 0) is 12.8 Å². The van der Waals surface area contributed by atoms with Gasteiger partial charge in [0, 0.05) is 12.0 Å². The predicted octanol–water partition coefficient (Wildman–Crippen LogP) is 0.561. The van der Waals surface area contributed by atoms with Gasteiger partial charge in [-0.3, -0.25) is 10.3 Å². The number of fused-ring (bicyclic) bond motifs is 6. The lowest BCUT2D eigenvalue weighted by molar-refractivity contribution is 0.0594. The third kappa shape index (κ3) is 1.99. The minimum Gasteiger partial charge on any atom is -0.464 e. The fraction of sp³-hybridized carbons (Fsp3) is 0.533. The minimum atomic E-state index is -0.523. The molecule has 3 aliphatic rings. The van der Waals surface area contributed by atoms with E-state index in [0.29, 0.717) is 17.9 Å². The monoisotopic (exact) mass is 342 g/mol. The van der Waals surface area contributed by atoms with Crippen molar-refractivity contribution in [3.05, 3.63) is 24.4 Å². The third-order valence-corrected chi connectivity index (χ3v) is 5.32. The van der Waals surface area contributed by atoms with Crippen LogP contribution in [0.4, 0.5) is 5.82 Å². The Morgan fingerprint density at radius 2 is 2.24 bits per heavy atom. The van der Waals surface area contributed by atoms with Crippen molar-refractivity contribution < 1.29 is 9.53 Å². The van der Waals surface area contributed by atoms with E-state index in [4.69, 9.17) is 4.74 Å². The van der Waals surface area contributed by atoms with Gasteiger partial charge in [0.25, 0.3) is 5.96 Å². The first-order valence-corrected chi connectivity index (χ1v) is 8.43. The topological polar surface area (TPSA) is 102 Å². The van der Waals surface area contributed by atoms with Crippen LogP contribution >= 0.6 is 0 Å². The van der Waals surface area contributed by atoms with Crippen LogP contribution in [-0.4, -0.2) is 49.7 Å². The van der Waals surface area contributed by atoms with Crippen molar-refractivity contribution in [2.75, 3.05) is 12.0 Å². The van der Waals surface area contributed by atoms with Crippen molar-refractivity contribution in [3.8, 4) is 0 Å². The highest BCUT2D eigenvalue weighted by Crippen LogP contribution is 2.44. The molecule has 0 aromatic carbocycles. The zero-order chi connectivity index (χ0) is 17.0. The van der Waals surface area contributed by atoms with Crippen LogP contribution in [0.3, 0.4) is 0 Å². The lowest BCUT2D eigenvalue weighted by Gasteiger charge is -2.45. The highest BCUT2D eigenvalue weighted by Gasteiger charge is 2.47. The number of ether oxygens (including phenoxy) is 1. The molecule has 0 radical (unpaired) electrons. The lowest BCUT2D eigenvalue weighted by Crippen LogP contribution is -2.54. The summed E-state index contributed by atoms with van der Waals surface area (Å²) in [6, 6.07) is 0.441. The molecule has 2 aromatic rings. The number of hydrogen-bond donors (Lipinski definition) is 1. The van der Waals surface area contributed by atoms with Gasteiger partial charge in [-0.2, -0.15) is 4.68 Å². The Hall–Kier alpha value is -2.91. The first-order valence-electron chi connectivity index (χ1n) is 8.43. The Labute approximate surface area is 143 Å². The Morgan fingerprint density at radius 1 is 1.36 bits per heavy atom. The number of carbonyl (C=O) groups is 1. The van der Waals surface area contributed by atoms with Crippen LogP contribution in [0.2, 0.25) is 0 Å². The summed E-state index contributed by atoms with van der Waals surface area (Å²) in [6.07, 6.45) is 10.1. The first kappa shape index (κ1) is 14.4. The molecule has 0 amide bonds. The van der Waals surface area contributed by atoms with Crippen molar-refractivity contribution in [3.63, 3.8) is 0 Å². The van der Waals surface area contributed by atoms with Gasteiger partial charge in [-0.25, -0.2) is 9.78 Å². The summed E-state index contributed by atoms with van der Waals surface area (Å²) in [5.74, 6) is 1.48. The summed E-state index contributed by atoms with van der Waals surface area (Å²) < 4.78 is 8.43. The molecular weight excluding hydrogens is 324 g/mol. The number of hydrazone groups is 1. The van der Waals surface area contributed by atoms with Gasteiger partial charge in [0.05, 0.1) is 25.8 Å². The van der Waals surface area contributed by atoms with Crippen LogP contribution in [0.5, 0.6) is 0 Å². The Morgan fingerprint density at radius 3 is 3.12 bits per heavy atom. The fourth-order valence-corrected chi connectivity index (χ4v) is 4.21. The number of nitrogens with zero attached hydrogens (tertiary/aromatic N) is 7. The predicted molar refractivity (Wildman–Crippen MR) is 86.8 cm³/mol. The highest BCUT2D eigenvalue weighted by molar-refractivity contribution is 5.99. The van der Waals surface area contributed by atoms with Crippen molar-refractivity contribution in [1.29, 1.82) is 0 Å². The van der Waals surface area contributed by atoms with Gasteiger partial charge in [-0.15, -0.1) is 10.2 Å². The Balaban J connectivity index is 1.54. The van der Waals surface area contributed by atoms with E-state index >= 15 is 0 Å². The van der Waals surface area contributed by atoms with E-state index in [1.54, 1.807) is 0 Å². The third-order valence-electron chi connectivity index (χ3n) is 5.32. The second-order valence-corrected chi connectivity index (χ2v) is 6.57. The van der Waals surface area contributed by atoms with E-state index in [2.05, 4.69) is 35.3 Å². The van der Waals surface area contributed by atoms with Crippen molar-refractivity contribution in [2.24, 2.45) is 11.0 Å². The largest absolute Gasteiger partial charge is 0.464 e. The molecule has 0 saturated heterocycles. The SMILES string of the molecule is COC(=O)c1cn(C2=NNC3C4CCCCC4n4cncc4N23)nn1. The van der Waals surface area contributed by atoms with Gasteiger partial charge in [-0.1, -0.05) is 18.1 Å². The van der Waals surface area contributed by atoms with E-state index in [-0.39, 0.29) is 11.9 Å². The number of imidazole rings is 1. The maximum absolute atomic E-state index is 11.6. The molecule has 5 rings (SSSR count). The first-order chi connectivity index (χ1) is 12.3. The van der Waals surface area contributed by atoms with Gasteiger partial charge in [0.1, 0.15) is 12.0 Å².